The highest BCUT2D eigenvalue weighted by atomic mass is 35.5. The molecule has 0 spiro atoms. The molecule has 2 aromatic carbocycles. The van der Waals surface area contributed by atoms with E-state index in [4.69, 9.17) is 23.2 Å². The van der Waals surface area contributed by atoms with Crippen LogP contribution in [0.25, 0.3) is 22.2 Å². The van der Waals surface area contributed by atoms with Crippen LogP contribution in [-0.2, 0) is 9.59 Å². The van der Waals surface area contributed by atoms with Gasteiger partial charge in [0.1, 0.15) is 0 Å². The lowest BCUT2D eigenvalue weighted by molar-refractivity contribution is -0.140. The van der Waals surface area contributed by atoms with E-state index < -0.39 is 6.10 Å². The molecule has 1 unspecified atom stereocenters. The van der Waals surface area contributed by atoms with Gasteiger partial charge in [0.15, 0.2) is 0 Å². The molecule has 28 heavy (non-hydrogen) atoms. The number of halogens is 2. The Kier molecular flexibility index (Phi) is 5.06. The number of aromatic nitrogens is 1. The number of pyridine rings is 1. The smallest absolute Gasteiger partial charge is 0.229 e. The van der Waals surface area contributed by atoms with Gasteiger partial charge in [-0.05, 0) is 23.8 Å². The minimum absolute atomic E-state index is 0.116. The molecule has 2 amide bonds. The van der Waals surface area contributed by atoms with Crippen LogP contribution in [0, 0.1) is 0 Å². The van der Waals surface area contributed by atoms with Crippen LogP contribution in [0.1, 0.15) is 24.5 Å². The normalized spacial score (nSPS) is 15.5. The maximum atomic E-state index is 12.0. The number of nitrogens with zero attached hydrogens (tertiary/aromatic N) is 2. The lowest BCUT2D eigenvalue weighted by Crippen LogP contribution is -2.33. The van der Waals surface area contributed by atoms with Crippen molar-refractivity contribution in [1.29, 1.82) is 0 Å². The van der Waals surface area contributed by atoms with Crippen molar-refractivity contribution in [2.75, 3.05) is 6.54 Å². The van der Waals surface area contributed by atoms with Crippen molar-refractivity contribution in [2.24, 2.45) is 0 Å². The van der Waals surface area contributed by atoms with Crippen LogP contribution in [0.2, 0.25) is 10.0 Å². The molecule has 1 aliphatic rings. The van der Waals surface area contributed by atoms with Crippen LogP contribution in [0.3, 0.4) is 0 Å². The van der Waals surface area contributed by atoms with Crippen molar-refractivity contribution < 1.29 is 14.7 Å². The number of fused-ring (bicyclic) bond motifs is 1. The summed E-state index contributed by atoms with van der Waals surface area (Å²) >= 11 is 12.5. The molecule has 0 radical (unpaired) electrons. The van der Waals surface area contributed by atoms with Crippen molar-refractivity contribution in [1.82, 2.24) is 9.88 Å². The first-order valence-electron chi connectivity index (χ1n) is 8.80. The fourth-order valence-electron chi connectivity index (χ4n) is 3.41. The zero-order valence-corrected chi connectivity index (χ0v) is 16.2. The topological polar surface area (TPSA) is 70.5 Å². The number of likely N-dealkylation sites (tertiary alicyclic amines) is 1. The van der Waals surface area contributed by atoms with Crippen LogP contribution in [-0.4, -0.2) is 33.3 Å². The van der Waals surface area contributed by atoms with E-state index in [1.165, 1.54) is 0 Å². The zero-order chi connectivity index (χ0) is 19.8. The maximum absolute atomic E-state index is 12.0. The summed E-state index contributed by atoms with van der Waals surface area (Å²) in [6.45, 7) is -0.116. The van der Waals surface area contributed by atoms with Crippen LogP contribution in [0.15, 0.2) is 48.5 Å². The summed E-state index contributed by atoms with van der Waals surface area (Å²) < 4.78 is 0. The molecule has 0 bridgehead atoms. The molecule has 2 heterocycles. The molecule has 0 aliphatic carbocycles. The monoisotopic (exact) mass is 414 g/mol. The standard InChI is InChI=1S/C21H16Cl2N2O3/c22-13-8-15-14(18(26)11-25-19(27)6-7-20(25)28)10-17(12-4-2-1-3-5-12)24-21(15)16(23)9-13/h1-5,8-10,18,26H,6-7,11H2. The summed E-state index contributed by atoms with van der Waals surface area (Å²) in [4.78, 5) is 29.6. The highest BCUT2D eigenvalue weighted by molar-refractivity contribution is 6.38. The van der Waals surface area contributed by atoms with Crippen molar-refractivity contribution in [3.8, 4) is 11.3 Å². The Morgan fingerprint density at radius 1 is 1.04 bits per heavy atom. The molecule has 142 valence electrons. The zero-order valence-electron chi connectivity index (χ0n) is 14.7. The number of β-amino-alcohol motifs (C(OH)–C–C–N with tert-alkyl or cyclic N) is 1. The van der Waals surface area contributed by atoms with Crippen molar-refractivity contribution in [3.63, 3.8) is 0 Å². The molecule has 1 atom stereocenters. The minimum Gasteiger partial charge on any atom is -0.387 e. The Bertz CT molecular complexity index is 1070. The number of aliphatic hydroxyl groups excluding tert-OH is 1. The third-order valence-electron chi connectivity index (χ3n) is 4.80. The molecule has 1 aromatic heterocycles. The minimum atomic E-state index is -1.09. The number of rotatable bonds is 4. The Balaban J connectivity index is 1.85. The van der Waals surface area contributed by atoms with E-state index in [-0.39, 0.29) is 31.2 Å². The number of carbonyl (C=O) groups is 2. The lowest BCUT2D eigenvalue weighted by atomic mass is 10.00. The second-order valence-corrected chi connectivity index (χ2v) is 7.50. The van der Waals surface area contributed by atoms with Gasteiger partial charge in [0.25, 0.3) is 0 Å². The predicted molar refractivity (Wildman–Crippen MR) is 108 cm³/mol. The number of hydrogen-bond acceptors (Lipinski definition) is 4. The van der Waals surface area contributed by atoms with Gasteiger partial charge in [-0.3, -0.25) is 14.5 Å². The number of carbonyl (C=O) groups excluding carboxylic acids is 2. The van der Waals surface area contributed by atoms with Gasteiger partial charge in [-0.2, -0.15) is 0 Å². The molecule has 0 saturated carbocycles. The van der Waals surface area contributed by atoms with E-state index in [9.17, 15) is 14.7 Å². The quantitative estimate of drug-likeness (QED) is 0.642. The van der Waals surface area contributed by atoms with Gasteiger partial charge >= 0.3 is 0 Å². The average molecular weight is 415 g/mol. The first kappa shape index (κ1) is 18.9. The van der Waals surface area contributed by atoms with Gasteiger partial charge in [0.2, 0.25) is 11.8 Å². The Labute approximate surface area is 171 Å². The van der Waals surface area contributed by atoms with Crippen LogP contribution >= 0.6 is 23.2 Å². The lowest BCUT2D eigenvalue weighted by Gasteiger charge is -2.21. The second kappa shape index (κ2) is 7.51. The van der Waals surface area contributed by atoms with Crippen molar-refractivity contribution in [3.05, 3.63) is 64.1 Å². The first-order chi connectivity index (χ1) is 13.4. The third-order valence-corrected chi connectivity index (χ3v) is 5.31. The third kappa shape index (κ3) is 3.49. The van der Waals surface area contributed by atoms with E-state index in [0.29, 0.717) is 32.2 Å². The molecule has 4 rings (SSSR count). The fourth-order valence-corrected chi connectivity index (χ4v) is 3.94. The van der Waals surface area contributed by atoms with Gasteiger partial charge < -0.3 is 5.11 Å². The molecular weight excluding hydrogens is 399 g/mol. The number of aliphatic hydroxyl groups is 1. The summed E-state index contributed by atoms with van der Waals surface area (Å²) in [6.07, 6.45) is -0.737. The van der Waals surface area contributed by atoms with E-state index in [2.05, 4.69) is 4.98 Å². The summed E-state index contributed by atoms with van der Waals surface area (Å²) in [5.41, 5.74) is 2.50. The van der Waals surface area contributed by atoms with Crippen LogP contribution in [0.4, 0.5) is 0 Å². The van der Waals surface area contributed by atoms with Gasteiger partial charge in [0.05, 0.1) is 28.9 Å². The summed E-state index contributed by atoms with van der Waals surface area (Å²) in [5, 5.41) is 12.3. The highest BCUT2D eigenvalue weighted by Gasteiger charge is 2.31. The molecule has 7 heteroatoms. The Hall–Kier alpha value is -2.47. The number of imide groups is 1. The number of benzene rings is 2. The molecule has 1 saturated heterocycles. The summed E-state index contributed by atoms with van der Waals surface area (Å²) in [6, 6.07) is 14.5. The van der Waals surface area contributed by atoms with Gasteiger partial charge in [-0.15, -0.1) is 0 Å². The first-order valence-corrected chi connectivity index (χ1v) is 9.56. The summed E-state index contributed by atoms with van der Waals surface area (Å²) in [5.74, 6) is -0.552. The molecule has 5 nitrogen and oxygen atoms in total. The SMILES string of the molecule is O=C1CCC(=O)N1CC(O)c1cc(-c2ccccc2)nc2c(Cl)cc(Cl)cc12. The maximum Gasteiger partial charge on any atom is 0.229 e. The summed E-state index contributed by atoms with van der Waals surface area (Å²) in [7, 11) is 0. The van der Waals surface area contributed by atoms with Crippen LogP contribution in [0.5, 0.6) is 0 Å². The molecule has 1 aliphatic heterocycles. The predicted octanol–water partition coefficient (Wildman–Crippen LogP) is 4.39. The largest absolute Gasteiger partial charge is 0.387 e. The second-order valence-electron chi connectivity index (χ2n) is 6.66. The van der Waals surface area contributed by atoms with E-state index in [1.54, 1.807) is 18.2 Å². The molecule has 1 fully saturated rings. The van der Waals surface area contributed by atoms with E-state index in [0.717, 1.165) is 10.5 Å². The van der Waals surface area contributed by atoms with E-state index >= 15 is 0 Å². The Morgan fingerprint density at radius 2 is 1.71 bits per heavy atom. The van der Waals surface area contributed by atoms with Crippen molar-refractivity contribution >= 4 is 45.9 Å². The fraction of sp³-hybridized carbons (Fsp3) is 0.190. The van der Waals surface area contributed by atoms with E-state index in [1.807, 2.05) is 30.3 Å². The molecule has 1 N–H and O–H groups in total. The van der Waals surface area contributed by atoms with Gasteiger partial charge in [-0.25, -0.2) is 4.98 Å². The number of amides is 2. The highest BCUT2D eigenvalue weighted by Crippen LogP contribution is 2.35. The van der Waals surface area contributed by atoms with Crippen molar-refractivity contribution in [2.45, 2.75) is 18.9 Å². The molecular formula is C21H16Cl2N2O3. The van der Waals surface area contributed by atoms with Gasteiger partial charge in [0, 0.05) is 28.8 Å². The Morgan fingerprint density at radius 3 is 2.39 bits per heavy atom. The van der Waals surface area contributed by atoms with Gasteiger partial charge in [-0.1, -0.05) is 53.5 Å². The average Bonchev–Trinajstić information content (AvgIpc) is 3.00. The molecule has 3 aromatic rings. The number of hydrogen-bond donors (Lipinski definition) is 1. The van der Waals surface area contributed by atoms with Crippen LogP contribution < -0.4 is 0 Å².